The van der Waals surface area contributed by atoms with E-state index in [9.17, 15) is 9.59 Å². The molecule has 1 rings (SSSR count). The van der Waals surface area contributed by atoms with Gasteiger partial charge in [-0.1, -0.05) is 19.1 Å². The van der Waals surface area contributed by atoms with Crippen LogP contribution in [0.5, 0.6) is 5.75 Å². The van der Waals surface area contributed by atoms with Crippen molar-refractivity contribution in [2.75, 3.05) is 26.8 Å². The standard InChI is InChI=1S/C16H23NO4/c1-4-9-17(12-16(19)20-3)15(18)8-10-21-14-7-5-6-13(2)11-14/h5-7,11H,4,8-10,12H2,1-3H3. The minimum Gasteiger partial charge on any atom is -0.493 e. The highest BCUT2D eigenvalue weighted by Gasteiger charge is 2.16. The van der Waals surface area contributed by atoms with E-state index in [1.54, 1.807) is 0 Å². The van der Waals surface area contributed by atoms with Crippen molar-refractivity contribution >= 4 is 11.9 Å². The van der Waals surface area contributed by atoms with Gasteiger partial charge in [0.25, 0.3) is 0 Å². The lowest BCUT2D eigenvalue weighted by molar-refractivity contribution is -0.147. The van der Waals surface area contributed by atoms with E-state index in [1.165, 1.54) is 12.0 Å². The SMILES string of the molecule is CCCN(CC(=O)OC)C(=O)CCOc1cccc(C)c1. The molecule has 0 bridgehead atoms. The number of amides is 1. The van der Waals surface area contributed by atoms with Crippen molar-refractivity contribution in [3.8, 4) is 5.75 Å². The normalized spacial score (nSPS) is 10.0. The number of hydrogen-bond acceptors (Lipinski definition) is 4. The highest BCUT2D eigenvalue weighted by Crippen LogP contribution is 2.12. The lowest BCUT2D eigenvalue weighted by atomic mass is 10.2. The van der Waals surface area contributed by atoms with Gasteiger partial charge >= 0.3 is 5.97 Å². The minimum atomic E-state index is -0.406. The number of esters is 1. The molecule has 0 N–H and O–H groups in total. The summed E-state index contributed by atoms with van der Waals surface area (Å²) in [5.74, 6) is 0.240. The van der Waals surface area contributed by atoms with E-state index in [-0.39, 0.29) is 18.9 Å². The van der Waals surface area contributed by atoms with Crippen LogP contribution in [0.25, 0.3) is 0 Å². The molecular formula is C16H23NO4. The van der Waals surface area contributed by atoms with Crippen molar-refractivity contribution in [1.82, 2.24) is 4.90 Å². The summed E-state index contributed by atoms with van der Waals surface area (Å²) in [5.41, 5.74) is 1.11. The summed E-state index contributed by atoms with van der Waals surface area (Å²) in [6.07, 6.45) is 1.03. The predicted octanol–water partition coefficient (Wildman–Crippen LogP) is 2.18. The van der Waals surface area contributed by atoms with Gasteiger partial charge in [0.1, 0.15) is 12.3 Å². The van der Waals surface area contributed by atoms with Crippen LogP contribution in [0.15, 0.2) is 24.3 Å². The van der Waals surface area contributed by atoms with Gasteiger partial charge in [-0.2, -0.15) is 0 Å². The summed E-state index contributed by atoms with van der Waals surface area (Å²) >= 11 is 0. The molecule has 21 heavy (non-hydrogen) atoms. The van der Waals surface area contributed by atoms with Crippen LogP contribution in [0.1, 0.15) is 25.3 Å². The Kier molecular flexibility index (Phi) is 7.29. The minimum absolute atomic E-state index is 0.00633. The lowest BCUT2D eigenvalue weighted by Crippen LogP contribution is -2.37. The molecule has 0 aliphatic carbocycles. The molecule has 0 unspecified atom stereocenters. The number of ether oxygens (including phenoxy) is 2. The Bertz CT molecular complexity index is 473. The maximum absolute atomic E-state index is 12.1. The van der Waals surface area contributed by atoms with E-state index in [0.717, 1.165) is 17.7 Å². The summed E-state index contributed by atoms with van der Waals surface area (Å²) < 4.78 is 10.2. The molecule has 0 saturated carbocycles. The van der Waals surface area contributed by atoms with Gasteiger partial charge in [-0.15, -0.1) is 0 Å². The Balaban J connectivity index is 2.44. The Morgan fingerprint density at radius 3 is 2.67 bits per heavy atom. The molecule has 0 saturated heterocycles. The first-order valence-corrected chi connectivity index (χ1v) is 7.11. The molecular weight excluding hydrogens is 270 g/mol. The number of methoxy groups -OCH3 is 1. The van der Waals surface area contributed by atoms with E-state index in [0.29, 0.717) is 13.2 Å². The molecule has 0 aromatic heterocycles. The number of aryl methyl sites for hydroxylation is 1. The monoisotopic (exact) mass is 293 g/mol. The average molecular weight is 293 g/mol. The topological polar surface area (TPSA) is 55.8 Å². The van der Waals surface area contributed by atoms with Crippen molar-refractivity contribution in [2.45, 2.75) is 26.7 Å². The highest BCUT2D eigenvalue weighted by atomic mass is 16.5. The molecule has 1 aromatic carbocycles. The molecule has 1 amide bonds. The number of nitrogens with zero attached hydrogens (tertiary/aromatic N) is 1. The molecule has 5 heteroatoms. The lowest BCUT2D eigenvalue weighted by Gasteiger charge is -2.20. The Hall–Kier alpha value is -2.04. The Morgan fingerprint density at radius 1 is 1.29 bits per heavy atom. The van der Waals surface area contributed by atoms with Crippen molar-refractivity contribution in [1.29, 1.82) is 0 Å². The summed E-state index contributed by atoms with van der Waals surface area (Å²) in [5, 5.41) is 0. The van der Waals surface area contributed by atoms with Gasteiger partial charge in [-0.3, -0.25) is 9.59 Å². The Labute approximate surface area is 125 Å². The number of carbonyl (C=O) groups is 2. The third-order valence-electron chi connectivity index (χ3n) is 2.97. The summed E-state index contributed by atoms with van der Waals surface area (Å²) in [6.45, 7) is 4.77. The first-order valence-electron chi connectivity index (χ1n) is 7.11. The number of rotatable bonds is 8. The third kappa shape index (κ3) is 6.29. The van der Waals surface area contributed by atoms with E-state index in [1.807, 2.05) is 38.1 Å². The largest absolute Gasteiger partial charge is 0.493 e. The quantitative estimate of drug-likeness (QED) is 0.689. The molecule has 0 aliphatic heterocycles. The predicted molar refractivity (Wildman–Crippen MR) is 80.2 cm³/mol. The van der Waals surface area contributed by atoms with Crippen LogP contribution in [0.4, 0.5) is 0 Å². The summed E-state index contributed by atoms with van der Waals surface area (Å²) in [4.78, 5) is 24.9. The molecule has 0 fully saturated rings. The molecule has 0 radical (unpaired) electrons. The molecule has 1 aromatic rings. The van der Waals surface area contributed by atoms with Crippen molar-refractivity contribution in [2.24, 2.45) is 0 Å². The highest BCUT2D eigenvalue weighted by molar-refractivity contribution is 5.82. The second kappa shape index (κ2) is 9.00. The van der Waals surface area contributed by atoms with Crippen molar-refractivity contribution in [3.63, 3.8) is 0 Å². The van der Waals surface area contributed by atoms with E-state index in [4.69, 9.17) is 4.74 Å². The fraction of sp³-hybridized carbons (Fsp3) is 0.500. The maximum atomic E-state index is 12.1. The van der Waals surface area contributed by atoms with Gasteiger partial charge < -0.3 is 14.4 Å². The van der Waals surface area contributed by atoms with E-state index >= 15 is 0 Å². The zero-order valence-electron chi connectivity index (χ0n) is 12.9. The summed E-state index contributed by atoms with van der Waals surface area (Å²) in [7, 11) is 1.32. The molecule has 116 valence electrons. The van der Waals surface area contributed by atoms with Crippen LogP contribution < -0.4 is 4.74 Å². The van der Waals surface area contributed by atoms with Gasteiger partial charge in [0, 0.05) is 6.54 Å². The van der Waals surface area contributed by atoms with Crippen LogP contribution in [-0.4, -0.2) is 43.6 Å². The smallest absolute Gasteiger partial charge is 0.325 e. The molecule has 0 atom stereocenters. The van der Waals surface area contributed by atoms with Crippen LogP contribution in [-0.2, 0) is 14.3 Å². The van der Waals surface area contributed by atoms with Crippen LogP contribution in [0, 0.1) is 6.92 Å². The maximum Gasteiger partial charge on any atom is 0.325 e. The third-order valence-corrected chi connectivity index (χ3v) is 2.97. The fourth-order valence-electron chi connectivity index (χ4n) is 1.90. The van der Waals surface area contributed by atoms with E-state index in [2.05, 4.69) is 4.74 Å². The number of benzene rings is 1. The van der Waals surface area contributed by atoms with Gasteiger partial charge in [0.2, 0.25) is 5.91 Å². The zero-order chi connectivity index (χ0) is 15.7. The van der Waals surface area contributed by atoms with Gasteiger partial charge in [0.05, 0.1) is 20.1 Å². The molecule has 0 heterocycles. The second-order valence-electron chi connectivity index (χ2n) is 4.81. The zero-order valence-corrected chi connectivity index (χ0v) is 12.9. The molecule has 5 nitrogen and oxygen atoms in total. The second-order valence-corrected chi connectivity index (χ2v) is 4.81. The molecule has 0 aliphatic rings. The van der Waals surface area contributed by atoms with Crippen LogP contribution in [0.2, 0.25) is 0 Å². The number of carbonyl (C=O) groups excluding carboxylic acids is 2. The van der Waals surface area contributed by atoms with Crippen molar-refractivity contribution in [3.05, 3.63) is 29.8 Å². The Morgan fingerprint density at radius 2 is 2.05 bits per heavy atom. The number of hydrogen-bond donors (Lipinski definition) is 0. The van der Waals surface area contributed by atoms with Gasteiger partial charge in [-0.05, 0) is 31.0 Å². The van der Waals surface area contributed by atoms with Crippen LogP contribution >= 0.6 is 0 Å². The average Bonchev–Trinajstić information content (AvgIpc) is 2.46. The van der Waals surface area contributed by atoms with E-state index < -0.39 is 5.97 Å². The first-order chi connectivity index (χ1) is 10.1. The van der Waals surface area contributed by atoms with Crippen LogP contribution in [0.3, 0.4) is 0 Å². The fourth-order valence-corrected chi connectivity index (χ4v) is 1.90. The van der Waals surface area contributed by atoms with Crippen molar-refractivity contribution < 1.29 is 19.1 Å². The van der Waals surface area contributed by atoms with Gasteiger partial charge in [0.15, 0.2) is 0 Å². The summed E-state index contributed by atoms with van der Waals surface area (Å²) in [6, 6.07) is 7.67. The first kappa shape index (κ1) is 17.0. The molecule has 0 spiro atoms. The van der Waals surface area contributed by atoms with Gasteiger partial charge in [-0.25, -0.2) is 0 Å².